The summed E-state index contributed by atoms with van der Waals surface area (Å²) in [6.45, 7) is 0.477. The first kappa shape index (κ1) is 19.0. The van der Waals surface area contributed by atoms with E-state index in [-0.39, 0.29) is 16.6 Å². The van der Waals surface area contributed by atoms with E-state index in [4.69, 9.17) is 0 Å². The number of hydrogen-bond donors (Lipinski definition) is 2. The summed E-state index contributed by atoms with van der Waals surface area (Å²) in [6.07, 6.45) is 1.52. The van der Waals surface area contributed by atoms with E-state index in [1.165, 1.54) is 26.2 Å². The lowest BCUT2D eigenvalue weighted by molar-refractivity contribution is 0.0953. The number of amides is 1. The zero-order valence-corrected chi connectivity index (χ0v) is 15.1. The number of phenolic OH excluding ortho intramolecular Hbond substituents is 1. The van der Waals surface area contributed by atoms with E-state index in [0.29, 0.717) is 12.1 Å². The van der Waals surface area contributed by atoms with Gasteiger partial charge in [0.15, 0.2) is 0 Å². The van der Waals surface area contributed by atoms with E-state index in [1.54, 1.807) is 24.3 Å². The number of benzene rings is 2. The topological polar surface area (TPSA) is 86.7 Å². The lowest BCUT2D eigenvalue weighted by Gasteiger charge is -2.12. The van der Waals surface area contributed by atoms with Crippen molar-refractivity contribution < 1.29 is 18.3 Å². The number of aromatic hydroxyl groups is 1. The molecule has 1 amide bonds. The van der Waals surface area contributed by atoms with Crippen LogP contribution >= 0.6 is 0 Å². The molecule has 0 saturated carbocycles. The van der Waals surface area contributed by atoms with Crippen molar-refractivity contribution in [2.45, 2.75) is 17.7 Å². The molecule has 0 saturated heterocycles. The van der Waals surface area contributed by atoms with Crippen LogP contribution in [-0.2, 0) is 16.4 Å². The first-order chi connectivity index (χ1) is 11.8. The van der Waals surface area contributed by atoms with Crippen LogP contribution in [0.15, 0.2) is 53.4 Å². The summed E-state index contributed by atoms with van der Waals surface area (Å²) in [4.78, 5) is 12.3. The van der Waals surface area contributed by atoms with Gasteiger partial charge in [-0.05, 0) is 48.7 Å². The van der Waals surface area contributed by atoms with Gasteiger partial charge in [-0.2, -0.15) is 0 Å². The molecular weight excluding hydrogens is 340 g/mol. The third-order valence-electron chi connectivity index (χ3n) is 3.74. The highest BCUT2D eigenvalue weighted by Gasteiger charge is 2.18. The van der Waals surface area contributed by atoms with Crippen LogP contribution in [0.4, 0.5) is 0 Å². The second kappa shape index (κ2) is 8.13. The summed E-state index contributed by atoms with van der Waals surface area (Å²) in [7, 11) is -0.665. The van der Waals surface area contributed by atoms with Gasteiger partial charge in [0.05, 0.1) is 4.90 Å². The number of sulfonamides is 1. The van der Waals surface area contributed by atoms with Crippen molar-refractivity contribution >= 4 is 15.9 Å². The highest BCUT2D eigenvalue weighted by molar-refractivity contribution is 7.89. The van der Waals surface area contributed by atoms with Crippen molar-refractivity contribution in [2.75, 3.05) is 20.6 Å². The Kier molecular flexibility index (Phi) is 6.17. The normalized spacial score (nSPS) is 11.5. The smallest absolute Gasteiger partial charge is 0.251 e. The monoisotopic (exact) mass is 362 g/mol. The Morgan fingerprint density at radius 1 is 1.12 bits per heavy atom. The fourth-order valence-corrected chi connectivity index (χ4v) is 3.22. The van der Waals surface area contributed by atoms with Crippen LogP contribution in [0.3, 0.4) is 0 Å². The summed E-state index contributed by atoms with van der Waals surface area (Å²) in [5.74, 6) is -0.0777. The molecule has 6 nitrogen and oxygen atoms in total. The molecule has 0 atom stereocenters. The number of carbonyl (C=O) groups excluding carboxylic acids is 1. The third kappa shape index (κ3) is 5.04. The van der Waals surface area contributed by atoms with Gasteiger partial charge in [-0.1, -0.05) is 18.2 Å². The summed E-state index contributed by atoms with van der Waals surface area (Å²) in [6, 6.07) is 12.9. The molecule has 0 aromatic heterocycles. The molecule has 0 unspecified atom stereocenters. The van der Waals surface area contributed by atoms with Crippen molar-refractivity contribution in [3.63, 3.8) is 0 Å². The van der Waals surface area contributed by atoms with Gasteiger partial charge >= 0.3 is 0 Å². The Labute approximate surface area is 148 Å². The van der Waals surface area contributed by atoms with Crippen LogP contribution in [-0.4, -0.2) is 44.4 Å². The van der Waals surface area contributed by atoms with Crippen LogP contribution in [0.2, 0.25) is 0 Å². The molecule has 2 aromatic rings. The van der Waals surface area contributed by atoms with Crippen molar-refractivity contribution in [2.24, 2.45) is 0 Å². The average Bonchev–Trinajstić information content (AvgIpc) is 2.60. The highest BCUT2D eigenvalue weighted by atomic mass is 32.2. The molecule has 0 aliphatic heterocycles. The molecule has 0 aliphatic rings. The summed E-state index contributed by atoms with van der Waals surface area (Å²) < 4.78 is 25.4. The predicted molar refractivity (Wildman–Crippen MR) is 96.1 cm³/mol. The fraction of sp³-hybridized carbons (Fsp3) is 0.278. The molecule has 0 radical (unpaired) electrons. The quantitative estimate of drug-likeness (QED) is 0.738. The maximum atomic E-state index is 12.2. The zero-order chi connectivity index (χ0) is 18.4. The molecule has 0 aliphatic carbocycles. The number of aryl methyl sites for hydroxylation is 1. The fourth-order valence-electron chi connectivity index (χ4n) is 2.27. The van der Waals surface area contributed by atoms with Crippen LogP contribution in [0.5, 0.6) is 5.75 Å². The zero-order valence-electron chi connectivity index (χ0n) is 14.3. The second-order valence-corrected chi connectivity index (χ2v) is 7.99. The van der Waals surface area contributed by atoms with Crippen LogP contribution in [0.25, 0.3) is 0 Å². The molecule has 7 heteroatoms. The number of nitrogens with zero attached hydrogens (tertiary/aromatic N) is 1. The number of phenols is 1. The first-order valence-corrected chi connectivity index (χ1v) is 9.33. The number of carbonyl (C=O) groups is 1. The van der Waals surface area contributed by atoms with Crippen molar-refractivity contribution in [1.29, 1.82) is 0 Å². The van der Waals surface area contributed by atoms with Gasteiger partial charge in [-0.25, -0.2) is 12.7 Å². The number of nitrogens with one attached hydrogen (secondary N) is 1. The van der Waals surface area contributed by atoms with E-state index < -0.39 is 10.0 Å². The Morgan fingerprint density at radius 2 is 1.80 bits per heavy atom. The van der Waals surface area contributed by atoms with Crippen molar-refractivity contribution in [3.8, 4) is 5.75 Å². The number of rotatable bonds is 7. The van der Waals surface area contributed by atoms with E-state index in [1.807, 2.05) is 12.1 Å². The standard InChI is InChI=1S/C18H22N2O4S/c1-20(2)25(23,24)17-7-3-6-15(13-17)18(22)19-12-4-5-14-8-10-16(21)11-9-14/h3,6-11,13,21H,4-5,12H2,1-2H3,(H,19,22). The van der Waals surface area contributed by atoms with Gasteiger partial charge < -0.3 is 10.4 Å². The molecule has 2 N–H and O–H groups in total. The molecule has 0 fully saturated rings. The summed E-state index contributed by atoms with van der Waals surface area (Å²) >= 11 is 0. The van der Waals surface area contributed by atoms with Crippen LogP contribution in [0, 0.1) is 0 Å². The lowest BCUT2D eigenvalue weighted by Crippen LogP contribution is -2.26. The molecule has 2 aromatic carbocycles. The van der Waals surface area contributed by atoms with E-state index in [9.17, 15) is 18.3 Å². The van der Waals surface area contributed by atoms with E-state index >= 15 is 0 Å². The summed E-state index contributed by atoms with van der Waals surface area (Å²) in [5, 5.41) is 12.0. The Morgan fingerprint density at radius 3 is 2.44 bits per heavy atom. The van der Waals surface area contributed by atoms with Gasteiger partial charge in [0.1, 0.15) is 5.75 Å². The van der Waals surface area contributed by atoms with Crippen LogP contribution < -0.4 is 5.32 Å². The third-order valence-corrected chi connectivity index (χ3v) is 5.55. The average molecular weight is 362 g/mol. The molecule has 134 valence electrons. The first-order valence-electron chi connectivity index (χ1n) is 7.89. The largest absolute Gasteiger partial charge is 0.508 e. The molecule has 0 spiro atoms. The SMILES string of the molecule is CN(C)S(=O)(=O)c1cccc(C(=O)NCCCc2ccc(O)cc2)c1. The Balaban J connectivity index is 1.92. The Bertz CT molecular complexity index is 830. The maximum absolute atomic E-state index is 12.2. The van der Waals surface area contributed by atoms with Gasteiger partial charge in [0, 0.05) is 26.2 Å². The second-order valence-electron chi connectivity index (χ2n) is 5.84. The summed E-state index contributed by atoms with van der Waals surface area (Å²) in [5.41, 5.74) is 1.39. The molecule has 0 bridgehead atoms. The van der Waals surface area contributed by atoms with Gasteiger partial charge in [0.25, 0.3) is 5.91 Å². The lowest BCUT2D eigenvalue weighted by atomic mass is 10.1. The van der Waals surface area contributed by atoms with Crippen molar-refractivity contribution in [1.82, 2.24) is 9.62 Å². The minimum atomic E-state index is -3.56. The molecule has 25 heavy (non-hydrogen) atoms. The molecular formula is C18H22N2O4S. The van der Waals surface area contributed by atoms with Crippen LogP contribution in [0.1, 0.15) is 22.3 Å². The van der Waals surface area contributed by atoms with E-state index in [0.717, 1.165) is 22.7 Å². The maximum Gasteiger partial charge on any atom is 0.251 e. The van der Waals surface area contributed by atoms with Gasteiger partial charge in [-0.3, -0.25) is 4.79 Å². The van der Waals surface area contributed by atoms with E-state index in [2.05, 4.69) is 5.32 Å². The molecule has 2 rings (SSSR count). The minimum absolute atomic E-state index is 0.0919. The highest BCUT2D eigenvalue weighted by Crippen LogP contribution is 2.15. The minimum Gasteiger partial charge on any atom is -0.508 e. The predicted octanol–water partition coefficient (Wildman–Crippen LogP) is 2.01. The number of hydrogen-bond acceptors (Lipinski definition) is 4. The Hall–Kier alpha value is -2.38. The van der Waals surface area contributed by atoms with Crippen molar-refractivity contribution in [3.05, 3.63) is 59.7 Å². The van der Waals surface area contributed by atoms with Gasteiger partial charge in [-0.15, -0.1) is 0 Å². The van der Waals surface area contributed by atoms with Gasteiger partial charge in [0.2, 0.25) is 10.0 Å². The molecule has 0 heterocycles.